The predicted molar refractivity (Wildman–Crippen MR) is 131 cm³/mol. The highest BCUT2D eigenvalue weighted by Crippen LogP contribution is 2.32. The van der Waals surface area contributed by atoms with Gasteiger partial charge in [-0.3, -0.25) is 14.5 Å². The Labute approximate surface area is 205 Å². The Hall–Kier alpha value is -3.56. The number of halogens is 1. The first kappa shape index (κ1) is 25.1. The molecule has 0 N–H and O–H groups in total. The van der Waals surface area contributed by atoms with E-state index < -0.39 is 11.8 Å². The van der Waals surface area contributed by atoms with Crippen molar-refractivity contribution in [2.45, 2.75) is 39.7 Å². The molecule has 1 aliphatic rings. The van der Waals surface area contributed by atoms with E-state index in [1.54, 1.807) is 37.3 Å². The molecule has 0 aromatic heterocycles. The van der Waals surface area contributed by atoms with E-state index in [0.717, 1.165) is 18.4 Å². The zero-order valence-corrected chi connectivity index (χ0v) is 20.3. The van der Waals surface area contributed by atoms with E-state index in [2.05, 4.69) is 0 Å². The third kappa shape index (κ3) is 5.49. The molecule has 0 fully saturated rings. The van der Waals surface area contributed by atoms with E-state index in [1.807, 2.05) is 31.2 Å². The van der Waals surface area contributed by atoms with Gasteiger partial charge in [-0.1, -0.05) is 55.6 Å². The lowest BCUT2D eigenvalue weighted by atomic mass is 9.93. The van der Waals surface area contributed by atoms with Crippen molar-refractivity contribution in [3.8, 4) is 17.6 Å². The molecule has 0 radical (unpaired) electrons. The van der Waals surface area contributed by atoms with Crippen molar-refractivity contribution in [1.29, 1.82) is 5.26 Å². The lowest BCUT2D eigenvalue weighted by Crippen LogP contribution is -2.43. The van der Waals surface area contributed by atoms with Crippen LogP contribution in [-0.4, -0.2) is 30.4 Å². The molecule has 2 aromatic carbocycles. The van der Waals surface area contributed by atoms with Crippen LogP contribution in [-0.2, 0) is 16.2 Å². The van der Waals surface area contributed by atoms with Gasteiger partial charge >= 0.3 is 0 Å². The number of methoxy groups -OCH3 is 1. The Balaban J connectivity index is 1.90. The summed E-state index contributed by atoms with van der Waals surface area (Å²) in [6, 6.07) is 14.7. The molecular weight excluding hydrogens is 452 g/mol. The summed E-state index contributed by atoms with van der Waals surface area (Å²) in [5.41, 5.74) is 2.23. The fourth-order valence-corrected chi connectivity index (χ4v) is 3.87. The Morgan fingerprint density at radius 2 is 1.85 bits per heavy atom. The molecule has 0 saturated carbocycles. The van der Waals surface area contributed by atoms with Crippen LogP contribution >= 0.6 is 11.6 Å². The van der Waals surface area contributed by atoms with Crippen LogP contribution in [0, 0.1) is 11.3 Å². The fourth-order valence-electron chi connectivity index (χ4n) is 3.68. The summed E-state index contributed by atoms with van der Waals surface area (Å²) in [5.74, 6) is 0.0957. The largest absolute Gasteiger partial charge is 0.493 e. The zero-order chi connectivity index (χ0) is 24.7. The summed E-state index contributed by atoms with van der Waals surface area (Å²) < 4.78 is 11.4. The van der Waals surface area contributed by atoms with Crippen molar-refractivity contribution in [3.05, 3.63) is 75.3 Å². The zero-order valence-electron chi connectivity index (χ0n) is 19.6. The van der Waals surface area contributed by atoms with Crippen LogP contribution in [0.25, 0.3) is 6.08 Å². The van der Waals surface area contributed by atoms with Gasteiger partial charge in [-0.15, -0.1) is 0 Å². The molecule has 0 unspecified atom stereocenters. The monoisotopic (exact) mass is 478 g/mol. The number of rotatable bonds is 9. The number of amides is 2. The third-order valence-electron chi connectivity index (χ3n) is 5.65. The minimum atomic E-state index is -0.529. The number of hydrogen-bond donors (Lipinski definition) is 0. The summed E-state index contributed by atoms with van der Waals surface area (Å²) in [6.07, 6.45) is 4.23. The standard InChI is InChI=1S/C27H27ClN2O4/c1-4-5-8-13-30-26(31)21(18(2)22(16-29)27(30)32)14-19-11-12-24(25(15-19)33-3)34-17-20-9-6-7-10-23(20)28/h6-7,9-12,14-15H,4-5,8,13,17H2,1-3H3/b21-14+. The van der Waals surface area contributed by atoms with Gasteiger partial charge in [0.2, 0.25) is 0 Å². The minimum absolute atomic E-state index is 0.00555. The van der Waals surface area contributed by atoms with Crippen molar-refractivity contribution < 1.29 is 19.1 Å². The van der Waals surface area contributed by atoms with Gasteiger partial charge in [0.1, 0.15) is 18.2 Å². The lowest BCUT2D eigenvalue weighted by molar-refractivity contribution is -0.140. The van der Waals surface area contributed by atoms with Gasteiger partial charge in [-0.2, -0.15) is 5.26 Å². The average molecular weight is 479 g/mol. The van der Waals surface area contributed by atoms with E-state index in [1.165, 1.54) is 12.0 Å². The molecule has 0 atom stereocenters. The normalized spacial score (nSPS) is 15.0. The number of nitrogens with zero attached hydrogens (tertiary/aromatic N) is 2. The van der Waals surface area contributed by atoms with E-state index in [0.29, 0.717) is 46.2 Å². The van der Waals surface area contributed by atoms with Gasteiger partial charge in [0.15, 0.2) is 11.5 Å². The van der Waals surface area contributed by atoms with Crippen LogP contribution in [0.2, 0.25) is 5.02 Å². The molecule has 0 saturated heterocycles. The van der Waals surface area contributed by atoms with Crippen LogP contribution in [0.1, 0.15) is 44.2 Å². The van der Waals surface area contributed by atoms with Gasteiger partial charge in [-0.25, -0.2) is 0 Å². The highest BCUT2D eigenvalue weighted by molar-refractivity contribution is 6.31. The Morgan fingerprint density at radius 3 is 2.53 bits per heavy atom. The number of ether oxygens (including phenoxy) is 2. The van der Waals surface area contributed by atoms with Crippen molar-refractivity contribution in [3.63, 3.8) is 0 Å². The van der Waals surface area contributed by atoms with Gasteiger partial charge in [-0.05, 0) is 48.8 Å². The molecule has 3 rings (SSSR count). The number of unbranched alkanes of at least 4 members (excludes halogenated alkanes) is 2. The van der Waals surface area contributed by atoms with Gasteiger partial charge < -0.3 is 9.47 Å². The van der Waals surface area contributed by atoms with Crippen LogP contribution in [0.4, 0.5) is 0 Å². The van der Waals surface area contributed by atoms with E-state index >= 15 is 0 Å². The second kappa shape index (κ2) is 11.5. The summed E-state index contributed by atoms with van der Waals surface area (Å²) in [5, 5.41) is 10.2. The quantitative estimate of drug-likeness (QED) is 0.262. The first-order valence-corrected chi connectivity index (χ1v) is 11.5. The third-order valence-corrected chi connectivity index (χ3v) is 6.02. The van der Waals surface area contributed by atoms with Crippen LogP contribution in [0.3, 0.4) is 0 Å². The molecule has 2 aromatic rings. The number of benzene rings is 2. The fraction of sp³-hybridized carbons (Fsp3) is 0.296. The Morgan fingerprint density at radius 1 is 1.09 bits per heavy atom. The smallest absolute Gasteiger partial charge is 0.271 e. The van der Waals surface area contributed by atoms with Crippen LogP contribution in [0.15, 0.2) is 59.2 Å². The van der Waals surface area contributed by atoms with E-state index in [-0.39, 0.29) is 12.2 Å². The average Bonchev–Trinajstić information content (AvgIpc) is 2.84. The Bertz CT molecular complexity index is 1190. The molecule has 0 spiro atoms. The molecule has 6 nitrogen and oxygen atoms in total. The maximum absolute atomic E-state index is 13.1. The van der Waals surface area contributed by atoms with Crippen molar-refractivity contribution in [2.75, 3.05) is 13.7 Å². The maximum Gasteiger partial charge on any atom is 0.271 e. The number of carbonyl (C=O) groups is 2. The maximum atomic E-state index is 13.1. The van der Waals surface area contributed by atoms with Crippen molar-refractivity contribution in [2.24, 2.45) is 0 Å². The molecule has 1 heterocycles. The molecule has 176 valence electrons. The summed E-state index contributed by atoms with van der Waals surface area (Å²) >= 11 is 6.20. The van der Waals surface area contributed by atoms with Crippen LogP contribution in [0.5, 0.6) is 11.5 Å². The lowest BCUT2D eigenvalue weighted by Gasteiger charge is -2.27. The topological polar surface area (TPSA) is 79.6 Å². The van der Waals surface area contributed by atoms with E-state index in [4.69, 9.17) is 21.1 Å². The summed E-state index contributed by atoms with van der Waals surface area (Å²) in [6.45, 7) is 4.24. The van der Waals surface area contributed by atoms with E-state index in [9.17, 15) is 14.9 Å². The molecule has 34 heavy (non-hydrogen) atoms. The number of imide groups is 1. The minimum Gasteiger partial charge on any atom is -0.493 e. The number of nitriles is 1. The van der Waals surface area contributed by atoms with Gasteiger partial charge in [0, 0.05) is 22.7 Å². The second-order valence-electron chi connectivity index (χ2n) is 7.93. The highest BCUT2D eigenvalue weighted by atomic mass is 35.5. The molecular formula is C27H27ClN2O4. The summed E-state index contributed by atoms with van der Waals surface area (Å²) in [7, 11) is 1.54. The van der Waals surface area contributed by atoms with Gasteiger partial charge in [0.25, 0.3) is 11.8 Å². The molecule has 7 heteroatoms. The molecule has 1 aliphatic heterocycles. The molecule has 0 aliphatic carbocycles. The highest BCUT2D eigenvalue weighted by Gasteiger charge is 2.35. The number of hydrogen-bond acceptors (Lipinski definition) is 5. The Kier molecular flexibility index (Phi) is 8.50. The summed E-state index contributed by atoms with van der Waals surface area (Å²) in [4.78, 5) is 27.0. The van der Waals surface area contributed by atoms with Crippen LogP contribution < -0.4 is 9.47 Å². The second-order valence-corrected chi connectivity index (χ2v) is 8.34. The van der Waals surface area contributed by atoms with Crippen molar-refractivity contribution in [1.82, 2.24) is 4.90 Å². The van der Waals surface area contributed by atoms with Crippen molar-refractivity contribution >= 4 is 29.5 Å². The first-order valence-electron chi connectivity index (χ1n) is 11.1. The number of carbonyl (C=O) groups excluding carboxylic acids is 2. The molecule has 2 amide bonds. The SMILES string of the molecule is CCCCCN1C(=O)C(C#N)=C(C)/C(=C\c2ccc(OCc3ccccc3Cl)c(OC)c2)C1=O. The first-order chi connectivity index (χ1) is 16.4. The van der Waals surface area contributed by atoms with Gasteiger partial charge in [0.05, 0.1) is 7.11 Å². The predicted octanol–water partition coefficient (Wildman–Crippen LogP) is 5.71. The molecule has 0 bridgehead atoms.